The van der Waals surface area contributed by atoms with Crippen LogP contribution in [0.15, 0.2) is 47.6 Å². The van der Waals surface area contributed by atoms with Crippen LogP contribution in [0.5, 0.6) is 23.0 Å². The van der Waals surface area contributed by atoms with Crippen molar-refractivity contribution in [1.82, 2.24) is 9.97 Å². The molecule has 12 heteroatoms. The maximum atomic E-state index is 15.0. The third-order valence-corrected chi connectivity index (χ3v) is 7.19. The number of nitrogens with zero attached hydrogens (tertiary/aromatic N) is 2. The first kappa shape index (κ1) is 26.6. The first-order valence-corrected chi connectivity index (χ1v) is 13.2. The average Bonchev–Trinajstić information content (AvgIpc) is 2.98. The fourth-order valence-corrected chi connectivity index (χ4v) is 5.09. The van der Waals surface area contributed by atoms with Crippen LogP contribution in [0.2, 0.25) is 0 Å². The van der Waals surface area contributed by atoms with Crippen molar-refractivity contribution in [2.75, 3.05) is 31.4 Å². The molecule has 198 valence electrons. The molecule has 0 unspecified atom stereocenters. The van der Waals surface area contributed by atoms with Crippen LogP contribution in [0.3, 0.4) is 0 Å². The van der Waals surface area contributed by atoms with E-state index in [1.165, 1.54) is 36.7 Å². The molecule has 1 aromatic heterocycles. The Morgan fingerprint density at radius 1 is 1.19 bits per heavy atom. The zero-order valence-corrected chi connectivity index (χ0v) is 21.4. The number of nitrogens with one attached hydrogen (secondary N) is 1. The number of halogens is 1. The Kier molecular flexibility index (Phi) is 8.13. The zero-order valence-electron chi connectivity index (χ0n) is 20.6. The average molecular weight is 534 g/mol. The van der Waals surface area contributed by atoms with Gasteiger partial charge >= 0.3 is 0 Å². The maximum Gasteiger partial charge on any atom is 0.257 e. The van der Waals surface area contributed by atoms with Crippen LogP contribution in [0.4, 0.5) is 10.2 Å². The van der Waals surface area contributed by atoms with E-state index in [1.807, 2.05) is 0 Å². The van der Waals surface area contributed by atoms with Crippen LogP contribution >= 0.6 is 10.6 Å². The monoisotopic (exact) mass is 533 g/mol. The highest BCUT2D eigenvalue weighted by Crippen LogP contribution is 2.55. The second kappa shape index (κ2) is 11.3. The van der Waals surface area contributed by atoms with Gasteiger partial charge in [-0.1, -0.05) is 0 Å². The molecule has 1 aliphatic rings. The largest absolute Gasteiger partial charge is 0.491 e. The van der Waals surface area contributed by atoms with Gasteiger partial charge in [-0.05, 0) is 32.4 Å². The van der Waals surface area contributed by atoms with Gasteiger partial charge in [0.1, 0.15) is 28.2 Å². The molecule has 0 aliphatic carbocycles. The molecule has 0 saturated heterocycles. The molecule has 2 heterocycles. The van der Waals surface area contributed by atoms with Gasteiger partial charge in [0.15, 0.2) is 17.4 Å². The van der Waals surface area contributed by atoms with E-state index in [1.54, 1.807) is 21.0 Å². The number of ether oxygens (including phenoxy) is 4. The molecule has 0 saturated carbocycles. The van der Waals surface area contributed by atoms with Crippen LogP contribution < -0.4 is 19.5 Å². The Labute approximate surface area is 215 Å². The highest BCUT2D eigenvalue weighted by Gasteiger charge is 2.27. The molecule has 2 aromatic carbocycles. The van der Waals surface area contributed by atoms with Gasteiger partial charge < -0.3 is 24.3 Å². The Morgan fingerprint density at radius 2 is 1.97 bits per heavy atom. The summed E-state index contributed by atoms with van der Waals surface area (Å²) in [6, 6.07) is 6.73. The summed E-state index contributed by atoms with van der Waals surface area (Å²) in [5.74, 6) is -0.659. The van der Waals surface area contributed by atoms with Crippen molar-refractivity contribution in [2.45, 2.75) is 31.3 Å². The van der Waals surface area contributed by atoms with Gasteiger partial charge in [-0.3, -0.25) is 18.9 Å². The molecule has 4 rings (SSSR count). The zero-order chi connectivity index (χ0) is 26.6. The molecule has 1 atom stereocenters. The minimum Gasteiger partial charge on any atom is -0.491 e. The van der Waals surface area contributed by atoms with E-state index in [0.29, 0.717) is 24.5 Å². The number of benzene rings is 2. The van der Waals surface area contributed by atoms with Crippen molar-refractivity contribution in [3.8, 4) is 23.0 Å². The lowest BCUT2D eigenvalue weighted by molar-refractivity contribution is 0.0915. The lowest BCUT2D eigenvalue weighted by atomic mass is 10.2. The fraction of sp³-hybridized carbons (Fsp3) is 0.320. The van der Waals surface area contributed by atoms with E-state index in [2.05, 4.69) is 15.3 Å². The number of amides is 1. The number of hydrogen-bond acceptors (Lipinski definition) is 9. The Morgan fingerprint density at radius 3 is 2.70 bits per heavy atom. The lowest BCUT2D eigenvalue weighted by Crippen LogP contribution is -2.19. The second-order valence-electron chi connectivity index (χ2n) is 8.48. The Hall–Kier alpha value is -3.45. The van der Waals surface area contributed by atoms with E-state index in [9.17, 15) is 18.3 Å². The molecule has 0 radical (unpaired) electrons. The summed E-state index contributed by atoms with van der Waals surface area (Å²) in [5.41, 5.74) is 0.865. The summed E-state index contributed by atoms with van der Waals surface area (Å²) < 4.78 is 58.1. The number of carbonyl (C=O) groups is 1. The van der Waals surface area contributed by atoms with Gasteiger partial charge in [0.05, 0.1) is 31.3 Å². The summed E-state index contributed by atoms with van der Waals surface area (Å²) in [4.78, 5) is 21.2. The van der Waals surface area contributed by atoms with Crippen molar-refractivity contribution in [1.29, 1.82) is 0 Å². The number of fused-ring (bicyclic) bond motifs is 1. The Balaban J connectivity index is 1.66. The summed E-state index contributed by atoms with van der Waals surface area (Å²) in [5, 5.41) is 2.66. The van der Waals surface area contributed by atoms with Crippen molar-refractivity contribution >= 4 is 22.3 Å². The van der Waals surface area contributed by atoms with E-state index < -0.39 is 22.3 Å². The van der Waals surface area contributed by atoms with Gasteiger partial charge in [0, 0.05) is 36.6 Å². The molecular formula is C25H28FN3O7S. The van der Waals surface area contributed by atoms with Crippen molar-refractivity contribution in [2.24, 2.45) is 0 Å². The van der Waals surface area contributed by atoms with Gasteiger partial charge in [0.25, 0.3) is 5.91 Å². The van der Waals surface area contributed by atoms with Crippen molar-refractivity contribution in [3.05, 3.63) is 59.8 Å². The van der Waals surface area contributed by atoms with Gasteiger partial charge in [-0.2, -0.15) is 10.6 Å². The van der Waals surface area contributed by atoms with E-state index in [4.69, 9.17) is 18.9 Å². The molecule has 1 amide bonds. The van der Waals surface area contributed by atoms with Crippen molar-refractivity contribution in [3.63, 3.8) is 0 Å². The van der Waals surface area contributed by atoms with E-state index in [0.717, 1.165) is 6.07 Å². The first-order chi connectivity index (χ1) is 17.6. The highest BCUT2D eigenvalue weighted by atomic mass is 32.3. The van der Waals surface area contributed by atoms with Crippen LogP contribution in [-0.2, 0) is 4.74 Å². The number of methoxy groups -OCH3 is 1. The van der Waals surface area contributed by atoms with Crippen LogP contribution in [-0.4, -0.2) is 57.2 Å². The summed E-state index contributed by atoms with van der Waals surface area (Å²) in [6.45, 7) is 4.12. The molecular weight excluding hydrogens is 505 g/mol. The third kappa shape index (κ3) is 6.66. The number of anilines is 1. The number of hydrogen-bond donors (Lipinski definition) is 3. The smallest absolute Gasteiger partial charge is 0.257 e. The second-order valence-corrected chi connectivity index (χ2v) is 10.7. The highest BCUT2D eigenvalue weighted by molar-refractivity contribution is 8.24. The SMILES string of the molecule is COC[C@H](C)Oc1cc(Oc2cc3c(cc2F)S(O)(O)CCCO3)cc(C(=O)Nc2cnc(C)cn2)c1. The van der Waals surface area contributed by atoms with Crippen LogP contribution in [0.25, 0.3) is 0 Å². The van der Waals surface area contributed by atoms with Crippen LogP contribution in [0, 0.1) is 12.7 Å². The van der Waals surface area contributed by atoms with E-state index in [-0.39, 0.29) is 52.0 Å². The minimum absolute atomic E-state index is 0.000372. The first-order valence-electron chi connectivity index (χ1n) is 11.5. The molecule has 0 fully saturated rings. The molecule has 37 heavy (non-hydrogen) atoms. The lowest BCUT2D eigenvalue weighted by Gasteiger charge is -2.31. The molecule has 3 N–H and O–H groups in total. The molecule has 1 aliphatic heterocycles. The number of aryl methyl sites for hydroxylation is 1. The standard InChI is InChI=1S/C25H28FN3O7S/c1-15-12-28-24(13-27-15)29-25(30)17-7-18(35-16(2)14-33-3)9-19(8-17)36-21-11-22-23(10-20(21)26)37(31,32)6-4-5-34-22/h7-13,16,31-32H,4-6,14H2,1-3H3,(H,28,29,30)/t16-/m0/s1. The quantitative estimate of drug-likeness (QED) is 0.354. The minimum atomic E-state index is -3.18. The van der Waals surface area contributed by atoms with Gasteiger partial charge in [-0.15, -0.1) is 0 Å². The topological polar surface area (TPSA) is 132 Å². The van der Waals surface area contributed by atoms with Gasteiger partial charge in [-0.25, -0.2) is 9.37 Å². The van der Waals surface area contributed by atoms with E-state index >= 15 is 0 Å². The number of rotatable bonds is 8. The van der Waals surface area contributed by atoms with Crippen molar-refractivity contribution < 1.29 is 37.2 Å². The molecule has 0 bridgehead atoms. The Bertz CT molecular complexity index is 1270. The van der Waals surface area contributed by atoms with Crippen LogP contribution in [0.1, 0.15) is 29.4 Å². The summed E-state index contributed by atoms with van der Waals surface area (Å²) in [6.07, 6.45) is 3.02. The fourth-order valence-electron chi connectivity index (χ4n) is 3.62. The predicted octanol–water partition coefficient (Wildman–Crippen LogP) is 5.27. The van der Waals surface area contributed by atoms with Gasteiger partial charge in [0.2, 0.25) is 0 Å². The third-order valence-electron chi connectivity index (χ3n) is 5.31. The summed E-state index contributed by atoms with van der Waals surface area (Å²) >= 11 is 0. The maximum absolute atomic E-state index is 15.0. The molecule has 0 spiro atoms. The molecule has 10 nitrogen and oxygen atoms in total. The number of aromatic nitrogens is 2. The normalized spacial score (nSPS) is 15.9. The number of carbonyl (C=O) groups excluding carboxylic acids is 1. The molecule has 3 aromatic rings. The summed E-state index contributed by atoms with van der Waals surface area (Å²) in [7, 11) is -1.64. The predicted molar refractivity (Wildman–Crippen MR) is 136 cm³/mol.